The first kappa shape index (κ1) is 20.3. The second-order valence-corrected chi connectivity index (χ2v) is 6.32. The fraction of sp³-hybridized carbons (Fsp3) is 0.333. The third-order valence-electron chi connectivity index (χ3n) is 3.59. The van der Waals surface area contributed by atoms with Crippen LogP contribution < -0.4 is 5.32 Å². The maximum atomic E-state index is 12.1. The number of alkyl carbamates (subject to hydrolysis) is 1. The van der Waals surface area contributed by atoms with Gasteiger partial charge in [0, 0.05) is 0 Å². The van der Waals surface area contributed by atoms with Crippen LogP contribution in [0.1, 0.15) is 25.0 Å². The van der Waals surface area contributed by atoms with E-state index in [1.165, 1.54) is 0 Å². The lowest BCUT2D eigenvalue weighted by Gasteiger charge is -2.19. The highest BCUT2D eigenvalue weighted by molar-refractivity contribution is 5.67. The highest BCUT2D eigenvalue weighted by Crippen LogP contribution is 2.06. The van der Waals surface area contributed by atoms with E-state index in [9.17, 15) is 9.59 Å². The van der Waals surface area contributed by atoms with Gasteiger partial charge in [-0.2, -0.15) is 0 Å². The lowest BCUT2D eigenvalue weighted by molar-refractivity contribution is 0.0283. The van der Waals surface area contributed by atoms with Gasteiger partial charge in [-0.05, 0) is 31.4 Å². The van der Waals surface area contributed by atoms with E-state index in [-0.39, 0.29) is 19.3 Å². The van der Waals surface area contributed by atoms with Crippen molar-refractivity contribution < 1.29 is 23.8 Å². The molecule has 0 aliphatic carbocycles. The zero-order chi connectivity index (χ0) is 19.5. The summed E-state index contributed by atoms with van der Waals surface area (Å²) in [7, 11) is 0. The summed E-state index contributed by atoms with van der Waals surface area (Å²) in [5.74, 6) is 0. The largest absolute Gasteiger partial charge is 0.508 e. The molecule has 0 heterocycles. The highest BCUT2D eigenvalue weighted by Gasteiger charge is 2.17. The zero-order valence-electron chi connectivity index (χ0n) is 15.6. The average Bonchev–Trinajstić information content (AvgIpc) is 2.65. The number of hydrogen-bond donors (Lipinski definition) is 1. The van der Waals surface area contributed by atoms with Gasteiger partial charge in [0.1, 0.15) is 13.2 Å². The van der Waals surface area contributed by atoms with Gasteiger partial charge in [-0.15, -0.1) is 0 Å². The normalized spacial score (nSPS) is 11.5. The topological polar surface area (TPSA) is 73.9 Å². The van der Waals surface area contributed by atoms with Gasteiger partial charge in [-0.3, -0.25) is 0 Å². The summed E-state index contributed by atoms with van der Waals surface area (Å²) in [6, 6.07) is 18.6. The van der Waals surface area contributed by atoms with Crippen LogP contribution in [-0.2, 0) is 27.2 Å². The van der Waals surface area contributed by atoms with Crippen molar-refractivity contribution in [2.75, 3.05) is 6.61 Å². The van der Waals surface area contributed by atoms with Gasteiger partial charge in [0.15, 0.2) is 0 Å². The quantitative estimate of drug-likeness (QED) is 0.708. The van der Waals surface area contributed by atoms with Crippen LogP contribution in [-0.4, -0.2) is 31.0 Å². The molecule has 0 aliphatic rings. The smallest absolute Gasteiger partial charge is 0.445 e. The maximum absolute atomic E-state index is 12.1. The molecular weight excluding hydrogens is 346 g/mol. The van der Waals surface area contributed by atoms with E-state index in [4.69, 9.17) is 14.2 Å². The summed E-state index contributed by atoms with van der Waals surface area (Å²) in [4.78, 5) is 23.8. The first-order valence-corrected chi connectivity index (χ1v) is 8.87. The van der Waals surface area contributed by atoms with Crippen LogP contribution >= 0.6 is 0 Å². The Bertz CT molecular complexity index is 703. The summed E-state index contributed by atoms with van der Waals surface area (Å²) in [5, 5.41) is 2.75. The highest BCUT2D eigenvalue weighted by atomic mass is 16.7. The third-order valence-corrected chi connectivity index (χ3v) is 3.59. The Labute approximate surface area is 159 Å². The lowest BCUT2D eigenvalue weighted by Crippen LogP contribution is -2.40. The lowest BCUT2D eigenvalue weighted by atomic mass is 10.1. The van der Waals surface area contributed by atoms with Gasteiger partial charge in [-0.1, -0.05) is 60.7 Å². The Morgan fingerprint density at radius 2 is 1.48 bits per heavy atom. The second-order valence-electron chi connectivity index (χ2n) is 6.32. The van der Waals surface area contributed by atoms with Crippen molar-refractivity contribution in [3.63, 3.8) is 0 Å². The minimum atomic E-state index is -0.762. The van der Waals surface area contributed by atoms with Crippen molar-refractivity contribution in [2.24, 2.45) is 0 Å². The first-order valence-electron chi connectivity index (χ1n) is 8.87. The number of hydrogen-bond acceptors (Lipinski definition) is 5. The van der Waals surface area contributed by atoms with Crippen molar-refractivity contribution in [3.8, 4) is 0 Å². The number of benzene rings is 2. The second kappa shape index (κ2) is 10.9. The Balaban J connectivity index is 1.89. The molecule has 0 aliphatic heterocycles. The molecule has 2 rings (SSSR count). The van der Waals surface area contributed by atoms with Gasteiger partial charge < -0.3 is 19.5 Å². The van der Waals surface area contributed by atoms with Gasteiger partial charge in [0.05, 0.1) is 12.1 Å². The summed E-state index contributed by atoms with van der Waals surface area (Å²) >= 11 is 0. The molecule has 0 bridgehead atoms. The maximum Gasteiger partial charge on any atom is 0.508 e. The molecule has 0 aromatic heterocycles. The molecular formula is C21H25NO5. The van der Waals surface area contributed by atoms with E-state index in [2.05, 4.69) is 5.32 Å². The van der Waals surface area contributed by atoms with Gasteiger partial charge in [0.2, 0.25) is 0 Å². The predicted molar refractivity (Wildman–Crippen MR) is 101 cm³/mol. The number of carbonyl (C=O) groups is 2. The van der Waals surface area contributed by atoms with Crippen LogP contribution in [0.25, 0.3) is 0 Å². The van der Waals surface area contributed by atoms with Crippen molar-refractivity contribution in [1.29, 1.82) is 0 Å². The van der Waals surface area contributed by atoms with Crippen molar-refractivity contribution in [2.45, 2.75) is 39.0 Å². The Kier molecular flexibility index (Phi) is 8.16. The molecule has 0 radical (unpaired) electrons. The van der Waals surface area contributed by atoms with Crippen molar-refractivity contribution >= 4 is 12.2 Å². The number of amides is 1. The van der Waals surface area contributed by atoms with E-state index >= 15 is 0 Å². The molecule has 6 heteroatoms. The molecule has 2 aromatic carbocycles. The van der Waals surface area contributed by atoms with Crippen molar-refractivity contribution in [1.82, 2.24) is 5.32 Å². The van der Waals surface area contributed by atoms with Gasteiger partial charge in [0.25, 0.3) is 0 Å². The summed E-state index contributed by atoms with van der Waals surface area (Å²) < 4.78 is 15.3. The van der Waals surface area contributed by atoms with E-state index in [0.717, 1.165) is 11.1 Å². The molecule has 0 fully saturated rings. The number of nitrogens with one attached hydrogen (secondary N) is 1. The monoisotopic (exact) mass is 371 g/mol. The number of rotatable bonds is 8. The van der Waals surface area contributed by atoms with Crippen LogP contribution in [0.2, 0.25) is 0 Å². The molecule has 1 atom stereocenters. The van der Waals surface area contributed by atoms with Crippen LogP contribution in [0.5, 0.6) is 0 Å². The van der Waals surface area contributed by atoms with Crippen molar-refractivity contribution in [3.05, 3.63) is 71.8 Å². The average molecular weight is 371 g/mol. The standard InChI is InChI=1S/C21H25NO5/c1-16(2)27-21(24)26-15-19(13-17-9-5-3-6-10-17)22-20(23)25-14-18-11-7-4-8-12-18/h3-12,16,19H,13-15H2,1-2H3,(H,22,23)/t19-/m1/s1. The third kappa shape index (κ3) is 8.27. The molecule has 1 N–H and O–H groups in total. The fourth-order valence-electron chi connectivity index (χ4n) is 2.38. The Morgan fingerprint density at radius 3 is 2.07 bits per heavy atom. The number of carbonyl (C=O) groups excluding carboxylic acids is 2. The van der Waals surface area contributed by atoms with E-state index in [0.29, 0.717) is 6.42 Å². The minimum absolute atomic E-state index is 0.0130. The molecule has 6 nitrogen and oxygen atoms in total. The summed E-state index contributed by atoms with van der Waals surface area (Å²) in [5.41, 5.74) is 1.90. The van der Waals surface area contributed by atoms with Crippen LogP contribution in [0.4, 0.5) is 9.59 Å². The SMILES string of the molecule is CC(C)OC(=O)OC[C@@H](Cc1ccccc1)NC(=O)OCc1ccccc1. The van der Waals surface area contributed by atoms with Crippen LogP contribution in [0.3, 0.4) is 0 Å². The van der Waals surface area contributed by atoms with E-state index in [1.54, 1.807) is 13.8 Å². The summed E-state index contributed by atoms with van der Waals surface area (Å²) in [6.45, 7) is 3.63. The molecule has 0 saturated carbocycles. The molecule has 0 saturated heterocycles. The Morgan fingerprint density at radius 1 is 0.889 bits per heavy atom. The molecule has 27 heavy (non-hydrogen) atoms. The molecule has 0 unspecified atom stereocenters. The van der Waals surface area contributed by atoms with Gasteiger partial charge >= 0.3 is 12.2 Å². The minimum Gasteiger partial charge on any atom is -0.445 e. The van der Waals surface area contributed by atoms with E-state index < -0.39 is 18.3 Å². The molecule has 144 valence electrons. The van der Waals surface area contributed by atoms with Gasteiger partial charge in [-0.25, -0.2) is 9.59 Å². The fourth-order valence-corrected chi connectivity index (χ4v) is 2.38. The Hall–Kier alpha value is -3.02. The van der Waals surface area contributed by atoms with E-state index in [1.807, 2.05) is 60.7 Å². The predicted octanol–water partition coefficient (Wildman–Crippen LogP) is 4.09. The molecule has 1 amide bonds. The van der Waals surface area contributed by atoms with Crippen LogP contribution in [0, 0.1) is 0 Å². The summed E-state index contributed by atoms with van der Waals surface area (Å²) in [6.07, 6.45) is -1.10. The molecule has 2 aromatic rings. The number of ether oxygens (including phenoxy) is 3. The van der Waals surface area contributed by atoms with Crippen LogP contribution in [0.15, 0.2) is 60.7 Å². The molecule has 0 spiro atoms. The first-order chi connectivity index (χ1) is 13.0. The zero-order valence-corrected chi connectivity index (χ0v) is 15.6.